The van der Waals surface area contributed by atoms with Crippen LogP contribution in [0.2, 0.25) is 0 Å². The zero-order valence-electron chi connectivity index (χ0n) is 16.9. The number of nitrogens with zero attached hydrogens (tertiary/aromatic N) is 3. The number of rotatable bonds is 9. The average Bonchev–Trinajstić information content (AvgIpc) is 3.20. The topological polar surface area (TPSA) is 99.0 Å². The molecule has 0 saturated carbocycles. The molecule has 0 spiro atoms. The Morgan fingerprint density at radius 1 is 1.31 bits per heavy atom. The maximum atomic E-state index is 12.6. The summed E-state index contributed by atoms with van der Waals surface area (Å²) in [7, 11) is 1.63. The van der Waals surface area contributed by atoms with Gasteiger partial charge in [-0.05, 0) is 31.9 Å². The van der Waals surface area contributed by atoms with E-state index in [1.54, 1.807) is 12.0 Å². The van der Waals surface area contributed by atoms with Crippen molar-refractivity contribution < 1.29 is 23.5 Å². The van der Waals surface area contributed by atoms with Crippen LogP contribution in [0.3, 0.4) is 0 Å². The number of hydrogen-bond acceptors (Lipinski definition) is 7. The standard InChI is InChI=1S/C20H28N4O5/c1-3-27-17-7-5-4-6-16(17)21-20(25)24-11-8-15(9-12-24)28-14-19-22-18(23-29-19)10-13-26-2/h4-7,15H,3,8-14H2,1-2H3,(H,21,25). The smallest absolute Gasteiger partial charge is 0.321 e. The summed E-state index contributed by atoms with van der Waals surface area (Å²) in [5.74, 6) is 1.75. The molecule has 0 radical (unpaired) electrons. The number of para-hydroxylation sites is 2. The molecule has 1 N–H and O–H groups in total. The van der Waals surface area contributed by atoms with Gasteiger partial charge in [0, 0.05) is 26.6 Å². The van der Waals surface area contributed by atoms with Crippen molar-refractivity contribution >= 4 is 11.7 Å². The van der Waals surface area contributed by atoms with E-state index in [0.29, 0.717) is 55.9 Å². The molecule has 9 heteroatoms. The predicted octanol–water partition coefficient (Wildman–Crippen LogP) is 2.87. The lowest BCUT2D eigenvalue weighted by Gasteiger charge is -2.31. The molecule has 0 atom stereocenters. The Bertz CT molecular complexity index is 774. The first kappa shape index (κ1) is 21.1. The van der Waals surface area contributed by atoms with Gasteiger partial charge in [0.2, 0.25) is 0 Å². The van der Waals surface area contributed by atoms with E-state index < -0.39 is 0 Å². The largest absolute Gasteiger partial charge is 0.492 e. The summed E-state index contributed by atoms with van der Waals surface area (Å²) in [6.07, 6.45) is 2.18. The number of anilines is 1. The molecule has 158 valence electrons. The van der Waals surface area contributed by atoms with Crippen LogP contribution >= 0.6 is 0 Å². The van der Waals surface area contributed by atoms with Crippen molar-refractivity contribution in [3.8, 4) is 5.75 Å². The summed E-state index contributed by atoms with van der Waals surface area (Å²) in [5.41, 5.74) is 0.679. The van der Waals surface area contributed by atoms with Crippen LogP contribution in [0, 0.1) is 0 Å². The van der Waals surface area contributed by atoms with Crippen LogP contribution in [-0.4, -0.2) is 60.6 Å². The number of ether oxygens (including phenoxy) is 3. The van der Waals surface area contributed by atoms with E-state index in [-0.39, 0.29) is 18.7 Å². The molecule has 0 unspecified atom stereocenters. The average molecular weight is 404 g/mol. The minimum Gasteiger partial charge on any atom is -0.492 e. The monoisotopic (exact) mass is 404 g/mol. The number of carbonyl (C=O) groups excluding carboxylic acids is 1. The zero-order valence-corrected chi connectivity index (χ0v) is 16.9. The number of carbonyl (C=O) groups is 1. The van der Waals surface area contributed by atoms with E-state index in [2.05, 4.69) is 15.5 Å². The van der Waals surface area contributed by atoms with Crippen molar-refractivity contribution in [2.24, 2.45) is 0 Å². The van der Waals surface area contributed by atoms with Crippen molar-refractivity contribution in [3.05, 3.63) is 36.0 Å². The number of likely N-dealkylation sites (tertiary alicyclic amines) is 1. The molecule has 3 rings (SSSR count). The van der Waals surface area contributed by atoms with E-state index in [1.165, 1.54) is 0 Å². The number of methoxy groups -OCH3 is 1. The number of benzene rings is 1. The highest BCUT2D eigenvalue weighted by Crippen LogP contribution is 2.24. The zero-order chi connectivity index (χ0) is 20.5. The normalized spacial score (nSPS) is 14.8. The van der Waals surface area contributed by atoms with Gasteiger partial charge >= 0.3 is 6.03 Å². The fourth-order valence-corrected chi connectivity index (χ4v) is 3.10. The van der Waals surface area contributed by atoms with Crippen LogP contribution in [-0.2, 0) is 22.5 Å². The second-order valence-corrected chi connectivity index (χ2v) is 6.70. The van der Waals surface area contributed by atoms with Crippen molar-refractivity contribution in [2.75, 3.05) is 38.7 Å². The first-order valence-electron chi connectivity index (χ1n) is 9.89. The van der Waals surface area contributed by atoms with Gasteiger partial charge in [0.25, 0.3) is 5.89 Å². The molecule has 2 aromatic rings. The molecule has 9 nitrogen and oxygen atoms in total. The van der Waals surface area contributed by atoms with Gasteiger partial charge in [0.05, 0.1) is 25.0 Å². The number of urea groups is 1. The van der Waals surface area contributed by atoms with Crippen molar-refractivity contribution in [3.63, 3.8) is 0 Å². The third-order valence-electron chi connectivity index (χ3n) is 4.64. The second-order valence-electron chi connectivity index (χ2n) is 6.70. The maximum Gasteiger partial charge on any atom is 0.321 e. The van der Waals surface area contributed by atoms with Crippen LogP contribution < -0.4 is 10.1 Å². The molecule has 1 saturated heterocycles. The van der Waals surface area contributed by atoms with E-state index in [0.717, 1.165) is 12.8 Å². The van der Waals surface area contributed by atoms with Crippen LogP contribution in [0.1, 0.15) is 31.5 Å². The van der Waals surface area contributed by atoms with Gasteiger partial charge in [-0.3, -0.25) is 0 Å². The van der Waals surface area contributed by atoms with E-state index in [9.17, 15) is 4.79 Å². The van der Waals surface area contributed by atoms with Crippen molar-refractivity contribution in [1.82, 2.24) is 15.0 Å². The first-order valence-corrected chi connectivity index (χ1v) is 9.89. The number of nitrogens with one attached hydrogen (secondary N) is 1. The van der Waals surface area contributed by atoms with Gasteiger partial charge in [-0.2, -0.15) is 4.98 Å². The highest BCUT2D eigenvalue weighted by Gasteiger charge is 2.24. The third-order valence-corrected chi connectivity index (χ3v) is 4.64. The minimum absolute atomic E-state index is 0.0593. The molecule has 1 aliphatic heterocycles. The molecule has 1 aromatic carbocycles. The predicted molar refractivity (Wildman–Crippen MR) is 106 cm³/mol. The van der Waals surface area contributed by atoms with Gasteiger partial charge in [-0.1, -0.05) is 17.3 Å². The Hall–Kier alpha value is -2.65. The molecule has 2 amide bonds. The van der Waals surface area contributed by atoms with Crippen LogP contribution in [0.25, 0.3) is 0 Å². The Kier molecular flexibility index (Phi) is 7.83. The number of aromatic nitrogens is 2. The van der Waals surface area contributed by atoms with Gasteiger partial charge in [0.15, 0.2) is 5.82 Å². The molecule has 0 bridgehead atoms. The lowest BCUT2D eigenvalue weighted by Crippen LogP contribution is -2.43. The molecule has 2 heterocycles. The second kappa shape index (κ2) is 10.8. The molecule has 1 aliphatic rings. The Labute approximate surface area is 170 Å². The lowest BCUT2D eigenvalue weighted by atomic mass is 10.1. The van der Waals surface area contributed by atoms with Gasteiger partial charge < -0.3 is 29.0 Å². The maximum absolute atomic E-state index is 12.6. The number of hydrogen-bond donors (Lipinski definition) is 1. The Morgan fingerprint density at radius 2 is 2.10 bits per heavy atom. The summed E-state index contributed by atoms with van der Waals surface area (Å²) in [5, 5.41) is 6.83. The SMILES string of the molecule is CCOc1ccccc1NC(=O)N1CCC(OCc2nc(CCOC)no2)CC1. The van der Waals surface area contributed by atoms with E-state index in [1.807, 2.05) is 31.2 Å². The summed E-state index contributed by atoms with van der Waals surface area (Å²) < 4.78 is 21.6. The number of amides is 2. The minimum atomic E-state index is -0.129. The molecular weight excluding hydrogens is 376 g/mol. The summed E-state index contributed by atoms with van der Waals surface area (Å²) in [4.78, 5) is 18.6. The summed E-state index contributed by atoms with van der Waals surface area (Å²) in [6.45, 7) is 4.53. The van der Waals surface area contributed by atoms with Crippen LogP contribution in [0.15, 0.2) is 28.8 Å². The lowest BCUT2D eigenvalue weighted by molar-refractivity contribution is -0.00532. The molecule has 29 heavy (non-hydrogen) atoms. The van der Waals surface area contributed by atoms with Crippen molar-refractivity contribution in [2.45, 2.75) is 38.9 Å². The highest BCUT2D eigenvalue weighted by molar-refractivity contribution is 5.91. The Morgan fingerprint density at radius 3 is 2.86 bits per heavy atom. The quantitative estimate of drug-likeness (QED) is 0.686. The summed E-state index contributed by atoms with van der Waals surface area (Å²) >= 11 is 0. The molecule has 1 fully saturated rings. The third kappa shape index (κ3) is 6.16. The first-order chi connectivity index (χ1) is 14.2. The van der Waals surface area contributed by atoms with Crippen LogP contribution in [0.4, 0.5) is 10.5 Å². The van der Waals surface area contributed by atoms with Gasteiger partial charge in [-0.25, -0.2) is 4.79 Å². The molecule has 1 aromatic heterocycles. The van der Waals surface area contributed by atoms with Crippen molar-refractivity contribution in [1.29, 1.82) is 0 Å². The van der Waals surface area contributed by atoms with Gasteiger partial charge in [0.1, 0.15) is 12.4 Å². The number of piperidine rings is 1. The van der Waals surface area contributed by atoms with Crippen LogP contribution in [0.5, 0.6) is 5.75 Å². The fraction of sp³-hybridized carbons (Fsp3) is 0.550. The highest BCUT2D eigenvalue weighted by atomic mass is 16.5. The summed E-state index contributed by atoms with van der Waals surface area (Å²) in [6, 6.07) is 7.31. The van der Waals surface area contributed by atoms with Gasteiger partial charge in [-0.15, -0.1) is 0 Å². The van der Waals surface area contributed by atoms with E-state index in [4.69, 9.17) is 18.7 Å². The fourth-order valence-electron chi connectivity index (χ4n) is 3.10. The molecular formula is C20H28N4O5. The van der Waals surface area contributed by atoms with E-state index >= 15 is 0 Å². The molecule has 0 aliphatic carbocycles. The Balaban J connectivity index is 1.42.